The lowest BCUT2D eigenvalue weighted by Gasteiger charge is -2.05. The number of pyridine rings is 1. The quantitative estimate of drug-likeness (QED) is 0.741. The number of carbonyl (C=O) groups excluding carboxylic acids is 1. The fraction of sp³-hybridized carbons (Fsp3) is 0.0909. The van der Waals surface area contributed by atoms with Gasteiger partial charge in [-0.25, -0.2) is 0 Å². The Morgan fingerprint density at radius 2 is 2.07 bits per heavy atom. The summed E-state index contributed by atoms with van der Waals surface area (Å²) in [4.78, 5) is 22.3. The molecule has 0 N–H and O–H groups in total. The maximum absolute atomic E-state index is 11.6. The summed E-state index contributed by atoms with van der Waals surface area (Å²) in [6.45, 7) is 0. The van der Waals surface area contributed by atoms with E-state index in [1.54, 1.807) is 13.1 Å². The molecule has 15 heavy (non-hydrogen) atoms. The minimum Gasteiger partial charge on any atom is -0.311 e. The summed E-state index contributed by atoms with van der Waals surface area (Å²) in [5, 5.41) is 0.869. The van der Waals surface area contributed by atoms with Crippen LogP contribution < -0.4 is 5.56 Å². The molecule has 0 bridgehead atoms. The molecule has 0 unspecified atom stereocenters. The van der Waals surface area contributed by atoms with Crippen LogP contribution >= 0.6 is 15.9 Å². The molecule has 0 aliphatic carbocycles. The zero-order valence-corrected chi connectivity index (χ0v) is 9.61. The van der Waals surface area contributed by atoms with Crippen LogP contribution in [0.2, 0.25) is 0 Å². The lowest BCUT2D eigenvalue weighted by atomic mass is 10.1. The molecule has 1 aromatic heterocycles. The Bertz CT molecular complexity index is 601. The molecule has 0 atom stereocenters. The number of hydrogen-bond acceptors (Lipinski definition) is 2. The molecule has 0 aliphatic rings. The highest BCUT2D eigenvalue weighted by Gasteiger charge is 2.05. The Kier molecular flexibility index (Phi) is 2.44. The highest BCUT2D eigenvalue weighted by Crippen LogP contribution is 2.18. The first-order chi connectivity index (χ1) is 7.13. The SMILES string of the molecule is Cn1c(=O)c(C=O)cc2cc(Br)ccc21. The third-order valence-corrected chi connectivity index (χ3v) is 2.83. The number of nitrogens with zero attached hydrogens (tertiary/aromatic N) is 1. The Balaban J connectivity index is 2.97. The van der Waals surface area contributed by atoms with E-state index in [0.29, 0.717) is 6.29 Å². The van der Waals surface area contributed by atoms with Crippen molar-refractivity contribution in [3.63, 3.8) is 0 Å². The molecule has 0 fully saturated rings. The second kappa shape index (κ2) is 3.62. The summed E-state index contributed by atoms with van der Waals surface area (Å²) in [6, 6.07) is 7.19. The number of fused-ring (bicyclic) bond motifs is 1. The van der Waals surface area contributed by atoms with E-state index in [1.165, 1.54) is 4.57 Å². The van der Waals surface area contributed by atoms with Crippen LogP contribution in [0.5, 0.6) is 0 Å². The zero-order valence-electron chi connectivity index (χ0n) is 8.03. The van der Waals surface area contributed by atoms with E-state index in [2.05, 4.69) is 15.9 Å². The van der Waals surface area contributed by atoms with Gasteiger partial charge in [0.15, 0.2) is 6.29 Å². The second-order valence-electron chi connectivity index (χ2n) is 3.28. The smallest absolute Gasteiger partial charge is 0.261 e. The lowest BCUT2D eigenvalue weighted by Crippen LogP contribution is -2.20. The maximum atomic E-state index is 11.6. The zero-order chi connectivity index (χ0) is 11.0. The molecule has 1 heterocycles. The summed E-state index contributed by atoms with van der Waals surface area (Å²) in [5.74, 6) is 0. The van der Waals surface area contributed by atoms with Crippen LogP contribution in [0.25, 0.3) is 10.9 Å². The topological polar surface area (TPSA) is 39.1 Å². The predicted octanol–water partition coefficient (Wildman–Crippen LogP) is 2.11. The average molecular weight is 266 g/mol. The van der Waals surface area contributed by atoms with Gasteiger partial charge in [0.2, 0.25) is 0 Å². The van der Waals surface area contributed by atoms with Gasteiger partial charge in [0.1, 0.15) is 0 Å². The fourth-order valence-corrected chi connectivity index (χ4v) is 1.94. The summed E-state index contributed by atoms with van der Waals surface area (Å²) < 4.78 is 2.40. The molecule has 2 rings (SSSR count). The molecular weight excluding hydrogens is 258 g/mol. The van der Waals surface area contributed by atoms with Crippen molar-refractivity contribution in [3.8, 4) is 0 Å². The third kappa shape index (κ3) is 1.61. The van der Waals surface area contributed by atoms with Gasteiger partial charge in [0.05, 0.1) is 11.1 Å². The van der Waals surface area contributed by atoms with Gasteiger partial charge in [-0.3, -0.25) is 9.59 Å². The first-order valence-electron chi connectivity index (χ1n) is 4.38. The normalized spacial score (nSPS) is 10.5. The van der Waals surface area contributed by atoms with E-state index >= 15 is 0 Å². The van der Waals surface area contributed by atoms with Crippen LogP contribution in [-0.4, -0.2) is 10.9 Å². The summed E-state index contributed by atoms with van der Waals surface area (Å²) in [7, 11) is 1.66. The first-order valence-corrected chi connectivity index (χ1v) is 5.17. The molecular formula is C11H8BrNO2. The summed E-state index contributed by atoms with van der Waals surface area (Å²) >= 11 is 3.35. The van der Waals surface area contributed by atoms with E-state index in [-0.39, 0.29) is 11.1 Å². The number of aryl methyl sites for hydroxylation is 1. The standard InChI is InChI=1S/C11H8BrNO2/c1-13-10-3-2-9(12)5-7(10)4-8(6-14)11(13)15/h2-6H,1H3. The molecule has 0 radical (unpaired) electrons. The highest BCUT2D eigenvalue weighted by atomic mass is 79.9. The van der Waals surface area contributed by atoms with Crippen LogP contribution in [0, 0.1) is 0 Å². The van der Waals surface area contributed by atoms with E-state index in [0.717, 1.165) is 15.4 Å². The molecule has 0 aliphatic heterocycles. The number of hydrogen-bond donors (Lipinski definition) is 0. The van der Waals surface area contributed by atoms with E-state index in [1.807, 2.05) is 18.2 Å². The third-order valence-electron chi connectivity index (χ3n) is 2.34. The molecule has 1 aromatic carbocycles. The van der Waals surface area contributed by atoms with Gasteiger partial charge in [0, 0.05) is 16.9 Å². The molecule has 0 saturated carbocycles. The predicted molar refractivity (Wildman–Crippen MR) is 62.3 cm³/mol. The molecule has 0 amide bonds. The number of benzene rings is 1. The van der Waals surface area contributed by atoms with Crippen LogP contribution in [0.3, 0.4) is 0 Å². The van der Waals surface area contributed by atoms with Crippen molar-refractivity contribution in [1.82, 2.24) is 4.57 Å². The maximum Gasteiger partial charge on any atom is 0.261 e. The molecule has 76 valence electrons. The Morgan fingerprint density at radius 3 is 2.73 bits per heavy atom. The van der Waals surface area contributed by atoms with Crippen molar-refractivity contribution in [2.45, 2.75) is 0 Å². The number of halogens is 1. The fourth-order valence-electron chi connectivity index (χ4n) is 1.56. The Hall–Kier alpha value is -1.42. The number of carbonyl (C=O) groups is 1. The Morgan fingerprint density at radius 1 is 1.33 bits per heavy atom. The second-order valence-corrected chi connectivity index (χ2v) is 4.20. The van der Waals surface area contributed by atoms with E-state index in [4.69, 9.17) is 0 Å². The highest BCUT2D eigenvalue weighted by molar-refractivity contribution is 9.10. The van der Waals surface area contributed by atoms with Crippen molar-refractivity contribution in [2.75, 3.05) is 0 Å². The van der Waals surface area contributed by atoms with Gasteiger partial charge in [-0.1, -0.05) is 15.9 Å². The van der Waals surface area contributed by atoms with Gasteiger partial charge in [0.25, 0.3) is 5.56 Å². The molecule has 4 heteroatoms. The number of aromatic nitrogens is 1. The van der Waals surface area contributed by atoms with Crippen molar-refractivity contribution >= 4 is 33.1 Å². The van der Waals surface area contributed by atoms with Gasteiger partial charge >= 0.3 is 0 Å². The van der Waals surface area contributed by atoms with Crippen LogP contribution in [0.1, 0.15) is 10.4 Å². The van der Waals surface area contributed by atoms with Crippen molar-refractivity contribution in [3.05, 3.63) is 44.7 Å². The first kappa shape index (κ1) is 10.1. The Labute approximate surface area is 94.5 Å². The largest absolute Gasteiger partial charge is 0.311 e. The van der Waals surface area contributed by atoms with Crippen molar-refractivity contribution in [2.24, 2.45) is 7.05 Å². The monoisotopic (exact) mass is 265 g/mol. The van der Waals surface area contributed by atoms with Crippen LogP contribution in [0.4, 0.5) is 0 Å². The van der Waals surface area contributed by atoms with Crippen molar-refractivity contribution < 1.29 is 4.79 Å². The minimum absolute atomic E-state index is 0.183. The van der Waals surface area contributed by atoms with Crippen LogP contribution in [0.15, 0.2) is 33.5 Å². The molecule has 3 nitrogen and oxygen atoms in total. The number of rotatable bonds is 1. The van der Waals surface area contributed by atoms with Gasteiger partial charge in [-0.05, 0) is 24.3 Å². The van der Waals surface area contributed by atoms with Crippen LogP contribution in [-0.2, 0) is 7.05 Å². The van der Waals surface area contributed by atoms with Gasteiger partial charge in [-0.15, -0.1) is 0 Å². The number of aldehydes is 1. The van der Waals surface area contributed by atoms with Crippen molar-refractivity contribution in [1.29, 1.82) is 0 Å². The van der Waals surface area contributed by atoms with E-state index in [9.17, 15) is 9.59 Å². The van der Waals surface area contributed by atoms with E-state index < -0.39 is 0 Å². The van der Waals surface area contributed by atoms with Gasteiger partial charge in [-0.2, -0.15) is 0 Å². The van der Waals surface area contributed by atoms with Gasteiger partial charge < -0.3 is 4.57 Å². The molecule has 2 aromatic rings. The average Bonchev–Trinajstić information content (AvgIpc) is 2.23. The summed E-state index contributed by atoms with van der Waals surface area (Å²) in [6.07, 6.45) is 0.586. The summed E-state index contributed by atoms with van der Waals surface area (Å²) in [5.41, 5.74) is 0.733. The molecule has 0 saturated heterocycles. The molecule has 0 spiro atoms. The minimum atomic E-state index is -0.264. The lowest BCUT2D eigenvalue weighted by molar-refractivity contribution is 0.112.